The maximum absolute atomic E-state index is 2.75. The summed E-state index contributed by atoms with van der Waals surface area (Å²) in [6.07, 6.45) is 0. The van der Waals surface area contributed by atoms with Crippen LogP contribution in [0.3, 0.4) is 0 Å². The molecule has 0 heterocycles. The summed E-state index contributed by atoms with van der Waals surface area (Å²) in [4.78, 5) is 5.48. The van der Waals surface area contributed by atoms with Crippen molar-refractivity contribution in [1.29, 1.82) is 0 Å². The first-order valence-electron chi connectivity index (χ1n) is 11.4. The molecule has 0 aromatic carbocycles. The summed E-state index contributed by atoms with van der Waals surface area (Å²) in [6.45, 7) is 33.5. The summed E-state index contributed by atoms with van der Waals surface area (Å²) < 4.78 is 0. The van der Waals surface area contributed by atoms with E-state index >= 15 is 0 Å². The van der Waals surface area contributed by atoms with Gasteiger partial charge >= 0.3 is 0 Å². The van der Waals surface area contributed by atoms with Crippen molar-refractivity contribution in [3.8, 4) is 0 Å². The Balaban J connectivity index is 4.88. The zero-order valence-electron chi connectivity index (χ0n) is 20.2. The predicted molar refractivity (Wildman–Crippen MR) is 120 cm³/mol. The maximum atomic E-state index is 2.75. The standard InChI is InChI=1S/C24H52N2/c1-18(2)14-25(15-22(9)19(3)4)12-13-26(16-23(10)20(5)6)17-24(11)21(7)8/h18-24H,12-17H2,1-11H3. The van der Waals surface area contributed by atoms with Crippen LogP contribution in [-0.2, 0) is 0 Å². The van der Waals surface area contributed by atoms with E-state index in [1.165, 1.54) is 39.3 Å². The molecule has 2 heteroatoms. The van der Waals surface area contributed by atoms with Gasteiger partial charge in [-0.1, -0.05) is 76.2 Å². The summed E-state index contributed by atoms with van der Waals surface area (Å²) in [5, 5.41) is 0. The summed E-state index contributed by atoms with van der Waals surface area (Å²) in [5.74, 6) is 5.34. The van der Waals surface area contributed by atoms with Gasteiger partial charge in [0.15, 0.2) is 0 Å². The minimum absolute atomic E-state index is 0.743. The average Bonchev–Trinajstić information content (AvgIpc) is 2.50. The molecule has 158 valence electrons. The smallest absolute Gasteiger partial charge is 0.0110 e. The van der Waals surface area contributed by atoms with Crippen LogP contribution >= 0.6 is 0 Å². The molecule has 0 N–H and O–H groups in total. The van der Waals surface area contributed by atoms with Gasteiger partial charge in [0.25, 0.3) is 0 Å². The van der Waals surface area contributed by atoms with Crippen molar-refractivity contribution in [2.45, 2.75) is 76.2 Å². The molecule has 0 rings (SSSR count). The molecule has 0 spiro atoms. The average molecular weight is 369 g/mol. The lowest BCUT2D eigenvalue weighted by molar-refractivity contribution is 0.129. The quantitative estimate of drug-likeness (QED) is 0.364. The van der Waals surface area contributed by atoms with E-state index in [0.717, 1.165) is 41.4 Å². The topological polar surface area (TPSA) is 6.48 Å². The Bertz CT molecular complexity index is 319. The molecule has 0 radical (unpaired) electrons. The molecule has 3 atom stereocenters. The van der Waals surface area contributed by atoms with E-state index in [0.29, 0.717) is 0 Å². The first kappa shape index (κ1) is 25.9. The van der Waals surface area contributed by atoms with Crippen LogP contribution in [0.25, 0.3) is 0 Å². The van der Waals surface area contributed by atoms with Crippen molar-refractivity contribution in [3.05, 3.63) is 0 Å². The highest BCUT2D eigenvalue weighted by atomic mass is 15.2. The third-order valence-electron chi connectivity index (χ3n) is 6.41. The van der Waals surface area contributed by atoms with Gasteiger partial charge in [-0.15, -0.1) is 0 Å². The molecule has 26 heavy (non-hydrogen) atoms. The van der Waals surface area contributed by atoms with Crippen molar-refractivity contribution in [2.24, 2.45) is 41.4 Å². The van der Waals surface area contributed by atoms with Crippen LogP contribution in [-0.4, -0.2) is 49.1 Å². The number of hydrogen-bond donors (Lipinski definition) is 0. The summed E-state index contributed by atoms with van der Waals surface area (Å²) >= 11 is 0. The molecule has 0 aliphatic carbocycles. The lowest BCUT2D eigenvalue weighted by atomic mass is 9.94. The third-order valence-corrected chi connectivity index (χ3v) is 6.41. The molecule has 2 nitrogen and oxygen atoms in total. The fraction of sp³-hybridized carbons (Fsp3) is 1.00. The normalized spacial score (nSPS) is 16.5. The van der Waals surface area contributed by atoms with Gasteiger partial charge in [-0.2, -0.15) is 0 Å². The predicted octanol–water partition coefficient (Wildman–Crippen LogP) is 6.12. The monoisotopic (exact) mass is 368 g/mol. The Morgan fingerprint density at radius 1 is 0.423 bits per heavy atom. The number of rotatable bonds is 14. The molecule has 0 aromatic rings. The van der Waals surface area contributed by atoms with Crippen molar-refractivity contribution in [1.82, 2.24) is 9.80 Å². The molecule has 0 amide bonds. The lowest BCUT2D eigenvalue weighted by Crippen LogP contribution is -2.43. The minimum atomic E-state index is 0.743. The van der Waals surface area contributed by atoms with E-state index in [1.807, 2.05) is 0 Å². The van der Waals surface area contributed by atoms with E-state index in [-0.39, 0.29) is 0 Å². The number of hydrogen-bond acceptors (Lipinski definition) is 2. The Kier molecular flexibility index (Phi) is 13.1. The van der Waals surface area contributed by atoms with Gasteiger partial charge in [-0.05, 0) is 41.4 Å². The SMILES string of the molecule is CC(C)CN(CCN(CC(C)C(C)C)CC(C)C(C)C)CC(C)C(C)C. The first-order chi connectivity index (χ1) is 11.9. The lowest BCUT2D eigenvalue weighted by Gasteiger charge is -2.34. The van der Waals surface area contributed by atoms with Crippen LogP contribution < -0.4 is 0 Å². The summed E-state index contributed by atoms with van der Waals surface area (Å²) in [6, 6.07) is 0. The van der Waals surface area contributed by atoms with E-state index in [1.54, 1.807) is 0 Å². The van der Waals surface area contributed by atoms with Crippen LogP contribution in [0.2, 0.25) is 0 Å². The maximum Gasteiger partial charge on any atom is 0.0110 e. The summed E-state index contributed by atoms with van der Waals surface area (Å²) in [7, 11) is 0. The molecule has 0 saturated carbocycles. The zero-order valence-corrected chi connectivity index (χ0v) is 20.2. The number of nitrogens with zero attached hydrogens (tertiary/aromatic N) is 2. The van der Waals surface area contributed by atoms with Crippen molar-refractivity contribution in [2.75, 3.05) is 39.3 Å². The second-order valence-electron chi connectivity index (χ2n) is 10.6. The van der Waals surface area contributed by atoms with Gasteiger partial charge < -0.3 is 9.80 Å². The Hall–Kier alpha value is -0.0800. The second-order valence-corrected chi connectivity index (χ2v) is 10.6. The van der Waals surface area contributed by atoms with Gasteiger partial charge in [0.2, 0.25) is 0 Å². The van der Waals surface area contributed by atoms with Crippen LogP contribution in [0.15, 0.2) is 0 Å². The fourth-order valence-electron chi connectivity index (χ4n) is 3.17. The Morgan fingerprint density at radius 3 is 0.923 bits per heavy atom. The van der Waals surface area contributed by atoms with Gasteiger partial charge in [-0.25, -0.2) is 0 Å². The van der Waals surface area contributed by atoms with Crippen molar-refractivity contribution < 1.29 is 0 Å². The van der Waals surface area contributed by atoms with Crippen LogP contribution in [0.5, 0.6) is 0 Å². The fourth-order valence-corrected chi connectivity index (χ4v) is 3.17. The van der Waals surface area contributed by atoms with E-state index in [2.05, 4.69) is 86.0 Å². The molecule has 0 saturated heterocycles. The van der Waals surface area contributed by atoms with Crippen LogP contribution in [0.1, 0.15) is 76.2 Å². The van der Waals surface area contributed by atoms with E-state index in [4.69, 9.17) is 0 Å². The van der Waals surface area contributed by atoms with Crippen LogP contribution in [0.4, 0.5) is 0 Å². The Morgan fingerprint density at radius 2 is 0.692 bits per heavy atom. The van der Waals surface area contributed by atoms with Crippen molar-refractivity contribution in [3.63, 3.8) is 0 Å². The van der Waals surface area contributed by atoms with Crippen LogP contribution in [0, 0.1) is 41.4 Å². The molecule has 3 unspecified atom stereocenters. The highest BCUT2D eigenvalue weighted by Crippen LogP contribution is 2.17. The van der Waals surface area contributed by atoms with Gasteiger partial charge in [-0.3, -0.25) is 0 Å². The van der Waals surface area contributed by atoms with Gasteiger partial charge in [0.1, 0.15) is 0 Å². The minimum Gasteiger partial charge on any atom is -0.302 e. The summed E-state index contributed by atoms with van der Waals surface area (Å²) in [5.41, 5.74) is 0. The van der Waals surface area contributed by atoms with Gasteiger partial charge in [0, 0.05) is 39.3 Å². The first-order valence-corrected chi connectivity index (χ1v) is 11.4. The van der Waals surface area contributed by atoms with Crippen molar-refractivity contribution >= 4 is 0 Å². The molecule has 0 aromatic heterocycles. The molecule has 0 aliphatic heterocycles. The molecular weight excluding hydrogens is 316 g/mol. The van der Waals surface area contributed by atoms with E-state index < -0.39 is 0 Å². The van der Waals surface area contributed by atoms with E-state index in [9.17, 15) is 0 Å². The molecule has 0 bridgehead atoms. The van der Waals surface area contributed by atoms with Gasteiger partial charge in [0.05, 0.1) is 0 Å². The second kappa shape index (κ2) is 13.2. The zero-order chi connectivity index (χ0) is 20.4. The highest BCUT2D eigenvalue weighted by Gasteiger charge is 2.20. The molecular formula is C24H52N2. The molecule has 0 aliphatic rings. The molecule has 0 fully saturated rings. The Labute approximate surface area is 167 Å². The largest absolute Gasteiger partial charge is 0.302 e. The third kappa shape index (κ3) is 11.6. The highest BCUT2D eigenvalue weighted by molar-refractivity contribution is 4.73.